The molecular formula is C11H13NO3. The summed E-state index contributed by atoms with van der Waals surface area (Å²) in [5.74, 6) is -0.196. The summed E-state index contributed by atoms with van der Waals surface area (Å²) < 4.78 is 4.67. The minimum atomic E-state index is -0.403. The maximum Gasteiger partial charge on any atom is 0.309 e. The van der Waals surface area contributed by atoms with Gasteiger partial charge in [0.25, 0.3) is 0 Å². The SMILES string of the molecule is CC(=O)O/C(C)=N\OCc1ccccc1. The van der Waals surface area contributed by atoms with Crippen molar-refractivity contribution >= 4 is 11.9 Å². The van der Waals surface area contributed by atoms with E-state index in [9.17, 15) is 4.79 Å². The van der Waals surface area contributed by atoms with Crippen LogP contribution in [0.25, 0.3) is 0 Å². The van der Waals surface area contributed by atoms with Crippen molar-refractivity contribution in [3.63, 3.8) is 0 Å². The highest BCUT2D eigenvalue weighted by atomic mass is 16.7. The van der Waals surface area contributed by atoms with Crippen molar-refractivity contribution in [2.75, 3.05) is 0 Å². The topological polar surface area (TPSA) is 47.9 Å². The lowest BCUT2D eigenvalue weighted by Crippen LogP contribution is -2.05. The lowest BCUT2D eigenvalue weighted by atomic mass is 10.2. The van der Waals surface area contributed by atoms with Gasteiger partial charge in [-0.1, -0.05) is 35.5 Å². The van der Waals surface area contributed by atoms with Gasteiger partial charge in [-0.25, -0.2) is 0 Å². The molecule has 80 valence electrons. The van der Waals surface area contributed by atoms with Crippen LogP contribution < -0.4 is 0 Å². The van der Waals surface area contributed by atoms with Crippen molar-refractivity contribution in [1.82, 2.24) is 0 Å². The molecule has 1 aromatic carbocycles. The smallest absolute Gasteiger partial charge is 0.309 e. The summed E-state index contributed by atoms with van der Waals surface area (Å²) in [4.78, 5) is 15.5. The molecule has 4 heteroatoms. The van der Waals surface area contributed by atoms with Crippen LogP contribution in [-0.4, -0.2) is 11.9 Å². The molecule has 0 aromatic heterocycles. The van der Waals surface area contributed by atoms with Crippen LogP contribution in [0.1, 0.15) is 19.4 Å². The first-order valence-electron chi connectivity index (χ1n) is 4.57. The Balaban J connectivity index is 2.35. The second-order valence-electron chi connectivity index (χ2n) is 2.96. The number of benzene rings is 1. The van der Waals surface area contributed by atoms with Gasteiger partial charge >= 0.3 is 5.97 Å². The zero-order valence-electron chi connectivity index (χ0n) is 8.77. The van der Waals surface area contributed by atoms with Gasteiger partial charge in [0.1, 0.15) is 6.61 Å². The molecular weight excluding hydrogens is 194 g/mol. The summed E-state index contributed by atoms with van der Waals surface area (Å²) in [7, 11) is 0. The Hall–Kier alpha value is -1.84. The van der Waals surface area contributed by atoms with E-state index in [0.717, 1.165) is 5.56 Å². The Morgan fingerprint density at radius 1 is 1.27 bits per heavy atom. The second kappa shape index (κ2) is 5.80. The van der Waals surface area contributed by atoms with E-state index in [-0.39, 0.29) is 5.90 Å². The van der Waals surface area contributed by atoms with Crippen LogP contribution in [0.2, 0.25) is 0 Å². The maximum absolute atomic E-state index is 10.5. The summed E-state index contributed by atoms with van der Waals surface area (Å²) in [6.45, 7) is 3.24. The van der Waals surface area contributed by atoms with E-state index in [2.05, 4.69) is 9.89 Å². The number of hydrogen-bond acceptors (Lipinski definition) is 4. The lowest BCUT2D eigenvalue weighted by molar-refractivity contribution is -0.133. The Bertz CT molecular complexity index is 346. The second-order valence-corrected chi connectivity index (χ2v) is 2.96. The lowest BCUT2D eigenvalue weighted by Gasteiger charge is -2.01. The molecule has 0 heterocycles. The van der Waals surface area contributed by atoms with Gasteiger partial charge in [0.05, 0.1) is 0 Å². The van der Waals surface area contributed by atoms with Crippen LogP contribution in [-0.2, 0) is 21.0 Å². The number of esters is 1. The first-order valence-corrected chi connectivity index (χ1v) is 4.57. The van der Waals surface area contributed by atoms with E-state index in [1.165, 1.54) is 6.92 Å². The average Bonchev–Trinajstić information content (AvgIpc) is 2.18. The highest BCUT2D eigenvalue weighted by Crippen LogP contribution is 2.00. The molecule has 0 N–H and O–H groups in total. The fraction of sp³-hybridized carbons (Fsp3) is 0.273. The van der Waals surface area contributed by atoms with Gasteiger partial charge in [-0.3, -0.25) is 4.79 Å². The van der Waals surface area contributed by atoms with Gasteiger partial charge in [-0.05, 0) is 5.56 Å². The standard InChI is InChI=1S/C11H13NO3/c1-9(15-10(2)13)12-14-8-11-6-4-3-5-7-11/h3-7H,8H2,1-2H3/b12-9-. The molecule has 4 nitrogen and oxygen atoms in total. The largest absolute Gasteiger partial charge is 0.409 e. The van der Waals surface area contributed by atoms with Crippen molar-refractivity contribution in [3.8, 4) is 0 Å². The van der Waals surface area contributed by atoms with Gasteiger partial charge in [0.15, 0.2) is 0 Å². The number of nitrogens with zero attached hydrogens (tertiary/aromatic N) is 1. The predicted octanol–water partition coefficient (Wildman–Crippen LogP) is 2.10. The summed E-state index contributed by atoms with van der Waals surface area (Å²) >= 11 is 0. The van der Waals surface area contributed by atoms with Crippen LogP contribution in [0, 0.1) is 0 Å². The van der Waals surface area contributed by atoms with Gasteiger partial charge < -0.3 is 9.57 Å². The Morgan fingerprint density at radius 2 is 1.93 bits per heavy atom. The highest BCUT2D eigenvalue weighted by Gasteiger charge is 1.97. The van der Waals surface area contributed by atoms with E-state index in [1.54, 1.807) is 6.92 Å². The third-order valence-corrected chi connectivity index (χ3v) is 1.56. The molecule has 0 aliphatic carbocycles. The molecule has 1 rings (SSSR count). The van der Waals surface area contributed by atoms with E-state index in [1.807, 2.05) is 30.3 Å². The minimum absolute atomic E-state index is 0.207. The van der Waals surface area contributed by atoms with E-state index < -0.39 is 5.97 Å². The molecule has 0 aliphatic rings. The zero-order chi connectivity index (χ0) is 11.1. The number of ether oxygens (including phenoxy) is 1. The highest BCUT2D eigenvalue weighted by molar-refractivity contribution is 5.85. The summed E-state index contributed by atoms with van der Waals surface area (Å²) in [6, 6.07) is 9.62. The molecule has 0 fully saturated rings. The maximum atomic E-state index is 10.5. The Morgan fingerprint density at radius 3 is 2.53 bits per heavy atom. The van der Waals surface area contributed by atoms with Crippen LogP contribution in [0.15, 0.2) is 35.5 Å². The zero-order valence-corrected chi connectivity index (χ0v) is 8.77. The van der Waals surface area contributed by atoms with Gasteiger partial charge in [0.2, 0.25) is 5.90 Å². The molecule has 0 radical (unpaired) electrons. The molecule has 1 aromatic rings. The van der Waals surface area contributed by atoms with Crippen molar-refractivity contribution in [3.05, 3.63) is 35.9 Å². The van der Waals surface area contributed by atoms with Crippen LogP contribution in [0.4, 0.5) is 0 Å². The average molecular weight is 207 g/mol. The van der Waals surface area contributed by atoms with E-state index in [0.29, 0.717) is 6.61 Å². The first kappa shape index (κ1) is 11.2. The van der Waals surface area contributed by atoms with Crippen LogP contribution in [0.3, 0.4) is 0 Å². The van der Waals surface area contributed by atoms with Crippen molar-refractivity contribution < 1.29 is 14.4 Å². The molecule has 0 saturated carbocycles. The third-order valence-electron chi connectivity index (χ3n) is 1.56. The third kappa shape index (κ3) is 4.81. The fourth-order valence-electron chi connectivity index (χ4n) is 0.999. The molecule has 0 bridgehead atoms. The Kier molecular flexibility index (Phi) is 4.34. The molecule has 0 aliphatic heterocycles. The van der Waals surface area contributed by atoms with E-state index in [4.69, 9.17) is 4.84 Å². The molecule has 0 atom stereocenters. The summed E-state index contributed by atoms with van der Waals surface area (Å²) in [6.07, 6.45) is 0. The van der Waals surface area contributed by atoms with Crippen molar-refractivity contribution in [2.45, 2.75) is 20.5 Å². The van der Waals surface area contributed by atoms with Crippen LogP contribution in [0.5, 0.6) is 0 Å². The summed E-state index contributed by atoms with van der Waals surface area (Å²) in [5, 5.41) is 3.63. The molecule has 0 unspecified atom stereocenters. The monoisotopic (exact) mass is 207 g/mol. The fourth-order valence-corrected chi connectivity index (χ4v) is 0.999. The number of rotatable bonds is 3. The quantitative estimate of drug-likeness (QED) is 0.330. The van der Waals surface area contributed by atoms with Gasteiger partial charge in [-0.2, -0.15) is 0 Å². The molecule has 0 amide bonds. The normalized spacial score (nSPS) is 10.9. The number of hydrogen-bond donors (Lipinski definition) is 0. The number of carbonyl (C=O) groups excluding carboxylic acids is 1. The predicted molar refractivity (Wildman–Crippen MR) is 56.1 cm³/mol. The molecule has 15 heavy (non-hydrogen) atoms. The minimum Gasteiger partial charge on any atom is -0.409 e. The van der Waals surface area contributed by atoms with E-state index >= 15 is 0 Å². The van der Waals surface area contributed by atoms with Gasteiger partial charge in [0, 0.05) is 13.8 Å². The van der Waals surface area contributed by atoms with Gasteiger partial charge in [-0.15, -0.1) is 0 Å². The van der Waals surface area contributed by atoms with Crippen molar-refractivity contribution in [2.24, 2.45) is 5.16 Å². The first-order chi connectivity index (χ1) is 7.18. The number of oxime groups is 1. The van der Waals surface area contributed by atoms with Crippen molar-refractivity contribution in [1.29, 1.82) is 0 Å². The molecule has 0 spiro atoms. The summed E-state index contributed by atoms with van der Waals surface area (Å²) in [5.41, 5.74) is 1.01. The Labute approximate surface area is 88.5 Å². The molecule has 0 saturated heterocycles. The number of carbonyl (C=O) groups is 1. The van der Waals surface area contributed by atoms with Crippen LogP contribution >= 0.6 is 0 Å².